The molecule has 0 radical (unpaired) electrons. The minimum absolute atomic E-state index is 0.0343. The van der Waals surface area contributed by atoms with Crippen molar-refractivity contribution in [2.75, 3.05) is 10.0 Å². The van der Waals surface area contributed by atoms with Gasteiger partial charge in [0.1, 0.15) is 0 Å². The number of rotatable bonds is 6. The van der Waals surface area contributed by atoms with Crippen LogP contribution in [0.4, 0.5) is 11.4 Å². The van der Waals surface area contributed by atoms with Crippen LogP contribution >= 0.6 is 0 Å². The number of anilines is 2. The Morgan fingerprint density at radius 1 is 1.14 bits per heavy atom. The van der Waals surface area contributed by atoms with Gasteiger partial charge in [-0.3, -0.25) is 14.1 Å². The molecule has 3 N–H and O–H groups in total. The maximum atomic E-state index is 11.9. The first-order valence-corrected chi connectivity index (χ1v) is 8.51. The molecular weight excluding hydrogens is 288 g/mol. The molecule has 1 aromatic rings. The lowest BCUT2D eigenvalue weighted by Gasteiger charge is -2.21. The Morgan fingerprint density at radius 3 is 2.38 bits per heavy atom. The van der Waals surface area contributed by atoms with E-state index in [2.05, 4.69) is 10.0 Å². The van der Waals surface area contributed by atoms with Crippen molar-refractivity contribution in [2.24, 2.45) is 5.92 Å². The number of benzene rings is 1. The van der Waals surface area contributed by atoms with Crippen molar-refractivity contribution in [2.45, 2.75) is 44.9 Å². The molecule has 0 bridgehead atoms. The first-order valence-electron chi connectivity index (χ1n) is 7.41. The third kappa shape index (κ3) is 5.85. The molecule has 1 aliphatic rings. The molecule has 0 spiro atoms. The maximum Gasteiger partial charge on any atom is 0.259 e. The summed E-state index contributed by atoms with van der Waals surface area (Å²) in [6.45, 7) is 0. The summed E-state index contributed by atoms with van der Waals surface area (Å²) in [4.78, 5) is 11.9. The van der Waals surface area contributed by atoms with Crippen molar-refractivity contribution in [1.82, 2.24) is 0 Å². The van der Waals surface area contributed by atoms with Crippen molar-refractivity contribution in [1.29, 1.82) is 0 Å². The van der Waals surface area contributed by atoms with Gasteiger partial charge in [0.2, 0.25) is 5.91 Å². The third-order valence-electron chi connectivity index (χ3n) is 3.88. The van der Waals surface area contributed by atoms with E-state index in [1.165, 1.54) is 32.1 Å². The highest BCUT2D eigenvalue weighted by Gasteiger charge is 2.14. The Bertz CT molecular complexity index is 484. The van der Waals surface area contributed by atoms with Crippen molar-refractivity contribution >= 4 is 28.5 Å². The second kappa shape index (κ2) is 8.14. The Hall–Kier alpha value is -1.40. The van der Waals surface area contributed by atoms with Crippen LogP contribution in [-0.4, -0.2) is 14.7 Å². The van der Waals surface area contributed by atoms with Gasteiger partial charge in [0.15, 0.2) is 0 Å². The molecular formula is C15H22N2O3S. The Morgan fingerprint density at radius 2 is 1.76 bits per heavy atom. The normalized spacial score (nSPS) is 17.2. The molecule has 6 heteroatoms. The minimum atomic E-state index is -2.08. The average molecular weight is 310 g/mol. The van der Waals surface area contributed by atoms with Crippen molar-refractivity contribution < 1.29 is 13.6 Å². The van der Waals surface area contributed by atoms with E-state index < -0.39 is 11.3 Å². The molecule has 1 saturated carbocycles. The quantitative estimate of drug-likeness (QED) is 0.703. The molecule has 1 atom stereocenters. The molecule has 0 aliphatic heterocycles. The van der Waals surface area contributed by atoms with E-state index in [9.17, 15) is 9.00 Å². The van der Waals surface area contributed by atoms with Crippen LogP contribution in [0.5, 0.6) is 0 Å². The number of carbonyl (C=O) groups is 1. The van der Waals surface area contributed by atoms with Gasteiger partial charge in [0, 0.05) is 17.8 Å². The molecule has 1 aliphatic carbocycles. The highest BCUT2D eigenvalue weighted by atomic mass is 32.2. The van der Waals surface area contributed by atoms with Gasteiger partial charge in [-0.1, -0.05) is 32.1 Å². The summed E-state index contributed by atoms with van der Waals surface area (Å²) in [6.07, 6.45) is 7.97. The predicted molar refractivity (Wildman–Crippen MR) is 85.3 cm³/mol. The monoisotopic (exact) mass is 310 g/mol. The fraction of sp³-hybridized carbons (Fsp3) is 0.533. The largest absolute Gasteiger partial charge is 0.326 e. The molecule has 0 aromatic heterocycles. The Balaban J connectivity index is 1.75. The summed E-state index contributed by atoms with van der Waals surface area (Å²) in [5.41, 5.74) is 1.24. The lowest BCUT2D eigenvalue weighted by Crippen LogP contribution is -2.14. The van der Waals surface area contributed by atoms with Crippen molar-refractivity contribution in [3.63, 3.8) is 0 Å². The van der Waals surface area contributed by atoms with Crippen LogP contribution in [0.15, 0.2) is 24.3 Å². The summed E-state index contributed by atoms with van der Waals surface area (Å²) in [5.74, 6) is 0.739. The van der Waals surface area contributed by atoms with Gasteiger partial charge in [-0.05, 0) is 36.6 Å². The summed E-state index contributed by atoms with van der Waals surface area (Å²) in [7, 11) is 0. The fourth-order valence-electron chi connectivity index (χ4n) is 2.76. The van der Waals surface area contributed by atoms with E-state index in [1.807, 2.05) is 0 Å². The highest BCUT2D eigenvalue weighted by Crippen LogP contribution is 2.27. The highest BCUT2D eigenvalue weighted by molar-refractivity contribution is 7.80. The molecule has 21 heavy (non-hydrogen) atoms. The minimum Gasteiger partial charge on any atom is -0.326 e. The van der Waals surface area contributed by atoms with Gasteiger partial charge >= 0.3 is 0 Å². The van der Waals surface area contributed by atoms with E-state index in [4.69, 9.17) is 4.55 Å². The van der Waals surface area contributed by atoms with Crippen LogP contribution in [-0.2, 0) is 16.1 Å². The van der Waals surface area contributed by atoms with Crippen LogP contribution in [0.3, 0.4) is 0 Å². The zero-order valence-corrected chi connectivity index (χ0v) is 12.8. The second-order valence-corrected chi connectivity index (χ2v) is 6.22. The Labute approximate surface area is 127 Å². The van der Waals surface area contributed by atoms with Gasteiger partial charge < -0.3 is 5.32 Å². The van der Waals surface area contributed by atoms with E-state index in [-0.39, 0.29) is 5.91 Å². The van der Waals surface area contributed by atoms with E-state index in [0.29, 0.717) is 23.7 Å². The summed E-state index contributed by atoms with van der Waals surface area (Å²) in [6, 6.07) is 6.75. The maximum absolute atomic E-state index is 11.9. The molecule has 0 saturated heterocycles. The summed E-state index contributed by atoms with van der Waals surface area (Å²) in [5, 5.41) is 2.86. The van der Waals surface area contributed by atoms with E-state index in [1.54, 1.807) is 24.3 Å². The third-order valence-corrected chi connectivity index (χ3v) is 4.29. The van der Waals surface area contributed by atoms with Crippen LogP contribution in [0.1, 0.15) is 44.9 Å². The average Bonchev–Trinajstić information content (AvgIpc) is 2.48. The molecule has 1 fully saturated rings. The second-order valence-electron chi connectivity index (χ2n) is 5.52. The molecule has 2 rings (SSSR count). The van der Waals surface area contributed by atoms with Gasteiger partial charge in [-0.25, -0.2) is 4.21 Å². The van der Waals surface area contributed by atoms with E-state index in [0.717, 1.165) is 6.42 Å². The fourth-order valence-corrected chi connectivity index (χ4v) is 3.09. The predicted octanol–water partition coefficient (Wildman–Crippen LogP) is 3.53. The lowest BCUT2D eigenvalue weighted by atomic mass is 9.86. The van der Waals surface area contributed by atoms with Gasteiger partial charge in [0.25, 0.3) is 11.3 Å². The molecule has 5 nitrogen and oxygen atoms in total. The van der Waals surface area contributed by atoms with Crippen LogP contribution < -0.4 is 10.0 Å². The summed E-state index contributed by atoms with van der Waals surface area (Å²) < 4.78 is 21.7. The van der Waals surface area contributed by atoms with Crippen molar-refractivity contribution in [3.8, 4) is 0 Å². The standard InChI is InChI=1S/C15H22N2O3S/c18-15(11-6-12-4-2-1-3-5-12)16-13-7-9-14(10-8-13)17-21(19)20/h7-10,12,17H,1-6,11H2,(H,16,18)(H,19,20). The first-order chi connectivity index (χ1) is 10.1. The van der Waals surface area contributed by atoms with Crippen LogP contribution in [0.25, 0.3) is 0 Å². The van der Waals surface area contributed by atoms with Gasteiger partial charge in [-0.2, -0.15) is 0 Å². The Kier molecular flexibility index (Phi) is 6.20. The number of amides is 1. The SMILES string of the molecule is O=C(CCC1CCCCC1)Nc1ccc(NS(=O)O)cc1. The van der Waals surface area contributed by atoms with Crippen LogP contribution in [0, 0.1) is 5.92 Å². The molecule has 1 aromatic carbocycles. The summed E-state index contributed by atoms with van der Waals surface area (Å²) >= 11 is -2.08. The smallest absolute Gasteiger partial charge is 0.259 e. The molecule has 0 heterocycles. The molecule has 1 amide bonds. The number of hydrogen-bond acceptors (Lipinski definition) is 2. The number of nitrogens with one attached hydrogen (secondary N) is 2. The van der Waals surface area contributed by atoms with Crippen LogP contribution in [0.2, 0.25) is 0 Å². The van der Waals surface area contributed by atoms with E-state index >= 15 is 0 Å². The topological polar surface area (TPSA) is 78.4 Å². The number of carbonyl (C=O) groups excluding carboxylic acids is 1. The zero-order valence-electron chi connectivity index (χ0n) is 12.0. The molecule has 1 unspecified atom stereocenters. The lowest BCUT2D eigenvalue weighted by molar-refractivity contribution is -0.116. The van der Waals surface area contributed by atoms with Gasteiger partial charge in [-0.15, -0.1) is 0 Å². The zero-order chi connectivity index (χ0) is 15.1. The number of hydrogen-bond donors (Lipinski definition) is 3. The first kappa shape index (κ1) is 16.0. The van der Waals surface area contributed by atoms with Gasteiger partial charge in [0.05, 0.1) is 0 Å². The molecule has 116 valence electrons. The van der Waals surface area contributed by atoms with Crippen molar-refractivity contribution in [3.05, 3.63) is 24.3 Å².